The van der Waals surface area contributed by atoms with Gasteiger partial charge in [-0.05, 0) is 0 Å². The minimum atomic E-state index is -1.08. The van der Waals surface area contributed by atoms with Gasteiger partial charge < -0.3 is 22.8 Å². The molecule has 0 aromatic heterocycles. The Morgan fingerprint density at radius 2 is 1.88 bits per heavy atom. The number of nitrogens with one attached hydrogen (secondary N) is 2. The molecule has 3 atom stereocenters. The van der Waals surface area contributed by atoms with Crippen LogP contribution in [0.4, 0.5) is 0 Å². The molecule has 3 unspecified atom stereocenters. The molecule has 1 saturated heterocycles. The Hall–Kier alpha value is -0.870. The number of hydrogen-bond acceptors (Lipinski definition) is 6. The highest BCUT2D eigenvalue weighted by Gasteiger charge is 2.38. The first-order valence-electron chi connectivity index (χ1n) is 5.03. The fourth-order valence-corrected chi connectivity index (χ4v) is 2.29. The minimum Gasteiger partial charge on any atom is -0.707 e. The highest BCUT2D eigenvalue weighted by molar-refractivity contribution is 7.59. The van der Waals surface area contributed by atoms with Crippen LogP contribution < -0.4 is 10.4 Å². The number of carboxylic acids is 2. The van der Waals surface area contributed by atoms with Crippen molar-refractivity contribution in [1.82, 2.24) is 15.4 Å². The SMILES string of the molecule is CC1N(C)NC([S-])[NH+]1N(CC(=O)O)CC(=O)O. The second kappa shape index (κ2) is 5.65. The van der Waals surface area contributed by atoms with E-state index in [1.54, 1.807) is 12.1 Å². The Balaban J connectivity index is 2.81. The predicted octanol–water partition coefficient (Wildman–Crippen LogP) is -3.12. The molecule has 17 heavy (non-hydrogen) atoms. The molecule has 0 radical (unpaired) electrons. The normalized spacial score (nSPS) is 29.8. The lowest BCUT2D eigenvalue weighted by Gasteiger charge is -2.34. The first kappa shape index (κ1) is 14.2. The van der Waals surface area contributed by atoms with E-state index in [-0.39, 0.29) is 19.3 Å². The van der Waals surface area contributed by atoms with Crippen molar-refractivity contribution in [1.29, 1.82) is 0 Å². The first-order chi connectivity index (χ1) is 7.82. The van der Waals surface area contributed by atoms with Crippen molar-refractivity contribution in [3.63, 3.8) is 0 Å². The van der Waals surface area contributed by atoms with Crippen LogP contribution in [0.25, 0.3) is 0 Å². The van der Waals surface area contributed by atoms with Crippen LogP contribution in [0.3, 0.4) is 0 Å². The molecule has 1 aliphatic rings. The first-order valence-corrected chi connectivity index (χ1v) is 5.50. The van der Waals surface area contributed by atoms with Crippen molar-refractivity contribution in [2.45, 2.75) is 18.6 Å². The van der Waals surface area contributed by atoms with Gasteiger partial charge in [-0.25, -0.2) is 10.4 Å². The molecular weight excluding hydrogens is 248 g/mol. The van der Waals surface area contributed by atoms with E-state index >= 15 is 0 Å². The van der Waals surface area contributed by atoms with E-state index in [9.17, 15) is 9.59 Å². The van der Waals surface area contributed by atoms with Crippen molar-refractivity contribution >= 4 is 24.6 Å². The minimum absolute atomic E-state index is 0.129. The number of aliphatic carboxylic acids is 2. The lowest BCUT2D eigenvalue weighted by atomic mass is 10.5. The van der Waals surface area contributed by atoms with Gasteiger partial charge in [-0.1, -0.05) is 0 Å². The molecule has 98 valence electrons. The van der Waals surface area contributed by atoms with Crippen molar-refractivity contribution < 1.29 is 24.8 Å². The van der Waals surface area contributed by atoms with Crippen LogP contribution in [0, 0.1) is 0 Å². The molecule has 9 heteroatoms. The molecule has 0 aromatic rings. The summed E-state index contributed by atoms with van der Waals surface area (Å²) in [6, 6.07) is 0. The average molecular weight is 264 g/mol. The van der Waals surface area contributed by atoms with Crippen LogP contribution >= 0.6 is 0 Å². The lowest BCUT2D eigenvalue weighted by molar-refractivity contribution is -1.04. The van der Waals surface area contributed by atoms with Gasteiger partial charge in [-0.2, -0.15) is 5.01 Å². The number of quaternary nitrogens is 1. The zero-order valence-electron chi connectivity index (χ0n) is 9.58. The second-order valence-electron chi connectivity index (χ2n) is 3.86. The monoisotopic (exact) mass is 264 g/mol. The topological polar surface area (TPSA) is 97.5 Å². The van der Waals surface area contributed by atoms with Gasteiger partial charge in [0.25, 0.3) is 0 Å². The van der Waals surface area contributed by atoms with Gasteiger partial charge in [0.05, 0.1) is 5.50 Å². The lowest BCUT2D eigenvalue weighted by Crippen LogP contribution is -3.23. The summed E-state index contributed by atoms with van der Waals surface area (Å²) < 4.78 is 0. The summed E-state index contributed by atoms with van der Waals surface area (Å²) in [5.74, 6) is -2.16. The van der Waals surface area contributed by atoms with Crippen molar-refractivity contribution in [2.24, 2.45) is 0 Å². The number of carboxylic acid groups (broad SMARTS) is 2. The Kier molecular flexibility index (Phi) is 4.71. The van der Waals surface area contributed by atoms with Crippen LogP contribution in [0.1, 0.15) is 6.92 Å². The molecule has 0 saturated carbocycles. The van der Waals surface area contributed by atoms with Gasteiger partial charge >= 0.3 is 11.9 Å². The van der Waals surface area contributed by atoms with E-state index in [4.69, 9.17) is 22.8 Å². The third kappa shape index (κ3) is 3.54. The van der Waals surface area contributed by atoms with Gasteiger partial charge in [-0.15, -0.1) is 5.01 Å². The van der Waals surface area contributed by atoms with Gasteiger partial charge in [-0.3, -0.25) is 9.59 Å². The highest BCUT2D eigenvalue weighted by Crippen LogP contribution is 1.94. The molecule has 0 amide bonds. The van der Waals surface area contributed by atoms with E-state index < -0.39 is 17.4 Å². The summed E-state index contributed by atoms with van der Waals surface area (Å²) in [6.45, 7) is 1.11. The Bertz CT molecular complexity index is 300. The van der Waals surface area contributed by atoms with Gasteiger partial charge in [0.1, 0.15) is 13.1 Å². The molecule has 8 nitrogen and oxygen atoms in total. The van der Waals surface area contributed by atoms with E-state index in [0.29, 0.717) is 5.01 Å². The number of hydrogen-bond donors (Lipinski definition) is 4. The highest BCUT2D eigenvalue weighted by atomic mass is 32.1. The van der Waals surface area contributed by atoms with Gasteiger partial charge in [0.2, 0.25) is 0 Å². The van der Waals surface area contributed by atoms with Crippen LogP contribution in [-0.2, 0) is 22.2 Å². The molecule has 0 aliphatic carbocycles. The molecule has 0 bridgehead atoms. The van der Waals surface area contributed by atoms with Crippen LogP contribution in [0.5, 0.6) is 0 Å². The summed E-state index contributed by atoms with van der Waals surface area (Å²) in [4.78, 5) is 21.5. The molecule has 4 N–H and O–H groups in total. The Morgan fingerprint density at radius 3 is 2.18 bits per heavy atom. The number of rotatable bonds is 5. The molecular formula is C8H16N4O4S. The molecule has 1 rings (SSSR count). The van der Waals surface area contributed by atoms with E-state index in [1.165, 1.54) is 5.01 Å². The second-order valence-corrected chi connectivity index (χ2v) is 4.34. The van der Waals surface area contributed by atoms with Gasteiger partial charge in [0.15, 0.2) is 6.17 Å². The fraction of sp³-hybridized carbons (Fsp3) is 0.750. The summed E-state index contributed by atoms with van der Waals surface area (Å²) in [7, 11) is 1.77. The summed E-state index contributed by atoms with van der Waals surface area (Å²) in [5.41, 5.74) is 2.45. The Labute approximate surface area is 104 Å². The maximum absolute atomic E-state index is 10.7. The van der Waals surface area contributed by atoms with E-state index in [0.717, 1.165) is 0 Å². The van der Waals surface area contributed by atoms with Crippen molar-refractivity contribution in [3.05, 3.63) is 0 Å². The molecule has 0 spiro atoms. The van der Waals surface area contributed by atoms with E-state index in [2.05, 4.69) is 5.43 Å². The van der Waals surface area contributed by atoms with Crippen LogP contribution in [0.2, 0.25) is 0 Å². The molecule has 1 aliphatic heterocycles. The summed E-state index contributed by atoms with van der Waals surface area (Å²) in [6.07, 6.45) is -0.129. The maximum Gasteiger partial charge on any atom is 0.323 e. The van der Waals surface area contributed by atoms with Crippen LogP contribution in [0.15, 0.2) is 0 Å². The fourth-order valence-electron chi connectivity index (χ4n) is 1.78. The molecule has 1 heterocycles. The zero-order chi connectivity index (χ0) is 13.2. The Morgan fingerprint density at radius 1 is 1.41 bits per heavy atom. The summed E-state index contributed by atoms with van der Waals surface area (Å²) in [5, 5.41) is 21.2. The maximum atomic E-state index is 10.7. The quantitative estimate of drug-likeness (QED) is 0.387. The summed E-state index contributed by atoms with van der Waals surface area (Å²) >= 11 is 5.14. The number of carbonyl (C=O) groups is 2. The van der Waals surface area contributed by atoms with Crippen LogP contribution in [-0.4, -0.2) is 64.0 Å². The standard InChI is InChI=1S/C8H16N4O4S/c1-5-10(2)9-8(17)12(5)11(3-6(13)14)4-7(15)16/h5,8-9,17H,3-4H2,1-2H3,(H,13,14)(H,15,16). The molecule has 1 fully saturated rings. The molecule has 0 aromatic carbocycles. The third-order valence-electron chi connectivity index (χ3n) is 2.62. The smallest absolute Gasteiger partial charge is 0.323 e. The zero-order valence-corrected chi connectivity index (χ0v) is 10.4. The van der Waals surface area contributed by atoms with Crippen molar-refractivity contribution in [2.75, 3.05) is 20.1 Å². The predicted molar refractivity (Wildman–Crippen MR) is 59.3 cm³/mol. The average Bonchev–Trinajstić information content (AvgIpc) is 2.38. The number of hydrazine groups is 1. The van der Waals surface area contributed by atoms with E-state index in [1.807, 2.05) is 6.92 Å². The van der Waals surface area contributed by atoms with Gasteiger partial charge in [0, 0.05) is 14.0 Å². The third-order valence-corrected chi connectivity index (χ3v) is 2.96. The van der Waals surface area contributed by atoms with Crippen molar-refractivity contribution in [3.8, 4) is 0 Å². The largest absolute Gasteiger partial charge is 0.707 e. The number of nitrogens with zero attached hydrogens (tertiary/aromatic N) is 2.